The van der Waals surface area contributed by atoms with Crippen LogP contribution in [-0.4, -0.2) is 96.4 Å². The quantitative estimate of drug-likeness (QED) is 0.0153. The molecule has 0 spiro atoms. The molecule has 0 aliphatic carbocycles. The van der Waals surface area contributed by atoms with Crippen molar-refractivity contribution in [3.63, 3.8) is 0 Å². The van der Waals surface area contributed by atoms with Crippen LogP contribution in [0.3, 0.4) is 0 Å². The molecule has 13 aromatic rings. The van der Waals surface area contributed by atoms with Crippen LogP contribution in [0.5, 0.6) is 0 Å². The number of carbonyl (C=O) groups excluding carboxylic acids is 3. The maximum atomic E-state index is 14.5. The second-order valence-corrected chi connectivity index (χ2v) is 30.4. The normalized spacial score (nSPS) is 11.1. The number of benzene rings is 8. The van der Waals surface area contributed by atoms with E-state index in [1.807, 2.05) is 90.1 Å². The molecular formula is C87H85Br2ClF6N4O18. The fourth-order valence-electron chi connectivity index (χ4n) is 10.5. The summed E-state index contributed by atoms with van der Waals surface area (Å²) in [6, 6.07) is 40.1. The summed E-state index contributed by atoms with van der Waals surface area (Å²) in [5, 5.41) is 48.5. The molecule has 13 rings (SSSR count). The number of fused-ring (bicyclic) bond motifs is 3. The van der Waals surface area contributed by atoms with E-state index in [0.29, 0.717) is 60.3 Å². The molecule has 0 saturated carbocycles. The lowest BCUT2D eigenvalue weighted by molar-refractivity contribution is 0.00517. The molecule has 624 valence electrons. The Morgan fingerprint density at radius 3 is 1.03 bits per heavy atom. The van der Waals surface area contributed by atoms with Gasteiger partial charge in [0, 0.05) is 48.4 Å². The molecule has 5 heterocycles. The van der Waals surface area contributed by atoms with Crippen LogP contribution in [0.2, 0.25) is 0 Å². The molecule has 31 heteroatoms. The summed E-state index contributed by atoms with van der Waals surface area (Å²) in [4.78, 5) is 67.0. The highest BCUT2D eigenvalue weighted by Crippen LogP contribution is 2.37. The van der Waals surface area contributed by atoms with Crippen LogP contribution in [0.25, 0.3) is 78.5 Å². The van der Waals surface area contributed by atoms with E-state index in [1.165, 1.54) is 48.5 Å². The van der Waals surface area contributed by atoms with E-state index in [-0.39, 0.29) is 53.5 Å². The van der Waals surface area contributed by atoms with Gasteiger partial charge in [0.25, 0.3) is 0 Å². The lowest BCUT2D eigenvalue weighted by Gasteiger charge is -2.19. The average Bonchev–Trinajstić information content (AvgIpc) is 1.65. The van der Waals surface area contributed by atoms with E-state index in [1.54, 1.807) is 92.6 Å². The number of aryl methyl sites for hydroxylation is 6. The van der Waals surface area contributed by atoms with Crippen molar-refractivity contribution in [2.45, 2.75) is 128 Å². The average molecular weight is 1780 g/mol. The second kappa shape index (κ2) is 41.0. The summed E-state index contributed by atoms with van der Waals surface area (Å²) in [6.07, 6.45) is 0. The number of carboxylic acid groups (broad SMARTS) is 3. The van der Waals surface area contributed by atoms with Gasteiger partial charge >= 0.3 is 35.8 Å². The number of hydrogen-bond donors (Lipinski definition) is 5. The Bertz CT molecular complexity index is 5760. The third-order valence-electron chi connectivity index (χ3n) is 16.1. The minimum Gasteiger partial charge on any atom is -0.478 e. The highest BCUT2D eigenvalue weighted by molar-refractivity contribution is 9.10. The van der Waals surface area contributed by atoms with Crippen molar-refractivity contribution in [1.29, 1.82) is 0 Å². The summed E-state index contributed by atoms with van der Waals surface area (Å²) in [7, 11) is -1.00. The first kappa shape index (κ1) is 94.6. The van der Waals surface area contributed by atoms with E-state index >= 15 is 0 Å². The van der Waals surface area contributed by atoms with Crippen LogP contribution in [0.15, 0.2) is 194 Å². The fraction of sp³-hybridized carbons (Fsp3) is 0.230. The molecule has 22 nitrogen and oxygen atoms in total. The van der Waals surface area contributed by atoms with Crippen LogP contribution in [0, 0.1) is 70.6 Å². The largest absolute Gasteiger partial charge is 0.478 e. The highest BCUT2D eigenvalue weighted by atomic mass is 79.9. The van der Waals surface area contributed by atoms with Gasteiger partial charge in [0.1, 0.15) is 74.0 Å². The maximum Gasteiger partial charge on any atom is 0.341 e. The van der Waals surface area contributed by atoms with E-state index in [0.717, 1.165) is 96.6 Å². The number of esters is 3. The van der Waals surface area contributed by atoms with Crippen molar-refractivity contribution >= 4 is 119 Å². The van der Waals surface area contributed by atoms with Gasteiger partial charge in [-0.3, -0.25) is 4.39 Å². The number of oxime groups is 1. The predicted octanol–water partition coefficient (Wildman–Crippen LogP) is 23.8. The Morgan fingerprint density at radius 2 is 0.729 bits per heavy atom. The van der Waals surface area contributed by atoms with Gasteiger partial charge in [-0.25, -0.2) is 50.7 Å². The number of ether oxygens (including phenoxy) is 3. The zero-order chi connectivity index (χ0) is 87.0. The summed E-state index contributed by atoms with van der Waals surface area (Å²) in [5.41, 5.74) is 12.7. The van der Waals surface area contributed by atoms with Gasteiger partial charge in [0.2, 0.25) is 5.84 Å². The molecule has 0 atom stereocenters. The number of furan rings is 3. The molecule has 0 aliphatic heterocycles. The molecule has 0 fully saturated rings. The summed E-state index contributed by atoms with van der Waals surface area (Å²) in [6.45, 7) is 27.3. The van der Waals surface area contributed by atoms with Crippen LogP contribution in [0.1, 0.15) is 172 Å². The topological polar surface area (TPSA) is 341 Å². The first-order chi connectivity index (χ1) is 54.7. The van der Waals surface area contributed by atoms with Crippen LogP contribution in [-0.2, 0) is 14.2 Å². The van der Waals surface area contributed by atoms with E-state index in [2.05, 4.69) is 47.3 Å². The van der Waals surface area contributed by atoms with Crippen molar-refractivity contribution < 1.29 is 114 Å². The Labute approximate surface area is 698 Å². The van der Waals surface area contributed by atoms with Crippen LogP contribution in [0.4, 0.5) is 26.3 Å². The smallest absolute Gasteiger partial charge is 0.341 e. The Balaban J connectivity index is 0.000000260. The number of carboxylic acids is 3. The standard InChI is InChI=1S/C24H22FNO4.C20H14FNO4.C12H13FO4.C11H12BrFO2.C11H12N2O2.C7H4BrFO2.CH3F.CH4.ClH/c1-13-6-7-14(2)22-17(13)11-21(28-22)19-12-20(30-26-19)15-8-9-16(18(25)10-15)23(27)29-24(3,4)5;1-10-3-4-11(2)19-14(10)8-18(25-19)16-9-17(26-22-16)12-5-6-13(20(23)24)15(21)7-12;1-12(2,3)17-11(16)8-5-4-7(10(14)15)6-9(8)13;1-11(2,3)15-10(14)8-5-4-7(12)6-9(8)13;1-6-3-4-7(2)10-8(6)5-9(15-10)11(12)13-14;8-4-1-2-5(7(10)11)6(9)3-4;1-2;;/h6-12H,1-5H3;3-9H,1-2H3,(H,23,24);4-6H,1-3H3,(H,14,15);4-6H,1-3H3;3-5,14H,1-2H3,(H2,12,13);1-3H,(H,10,11);1H3;1H4;1H/i;;;;;;1D;;. The van der Waals surface area contributed by atoms with Crippen molar-refractivity contribution in [3.05, 3.63) is 268 Å². The zero-order valence-corrected chi connectivity index (χ0v) is 69.6. The Morgan fingerprint density at radius 1 is 0.424 bits per heavy atom. The predicted molar refractivity (Wildman–Crippen MR) is 443 cm³/mol. The first-order valence-electron chi connectivity index (χ1n) is 35.4. The fourth-order valence-corrected chi connectivity index (χ4v) is 11.1. The SMILES string of the molecule is C.CC(C)(C)OC(=O)c1ccc(Br)cc1F.CC(C)(C)OC(=O)c1ccc(C(=O)O)cc1F.Cc1ccc(C)c2oc(-c3cc(-c4ccc(C(=O)O)c(F)c4)on3)cc12.Cc1ccc(C)c2oc(-c3cc(-c4ccc(C(=O)OC(C)(C)C)c(F)c4)on3)cc12.Cc1ccc(C)c2oc(/C(N)=N\O)cc12.Cl.O=C(O)c1ccc(Br)cc1F.[2H]CF. The van der Waals surface area contributed by atoms with Crippen molar-refractivity contribution in [3.8, 4) is 45.6 Å². The second-order valence-electron chi connectivity index (χ2n) is 28.5. The van der Waals surface area contributed by atoms with Gasteiger partial charge < -0.3 is 62.8 Å². The summed E-state index contributed by atoms with van der Waals surface area (Å²) >= 11 is 6.13. The molecule has 0 unspecified atom stereocenters. The third-order valence-corrected chi connectivity index (χ3v) is 17.1. The zero-order valence-electron chi connectivity index (χ0n) is 66.6. The number of nitrogens with zero attached hydrogens (tertiary/aromatic N) is 3. The van der Waals surface area contributed by atoms with Crippen molar-refractivity contribution in [2.24, 2.45) is 10.9 Å². The van der Waals surface area contributed by atoms with E-state index < -0.39 is 94.4 Å². The van der Waals surface area contributed by atoms with Gasteiger partial charge in [-0.15, -0.1) is 12.4 Å². The summed E-state index contributed by atoms with van der Waals surface area (Å²) < 4.78 is 128. The minimum atomic E-state index is -1.32. The van der Waals surface area contributed by atoms with Crippen LogP contribution >= 0.6 is 44.3 Å². The van der Waals surface area contributed by atoms with E-state index in [9.17, 15) is 55.1 Å². The lowest BCUT2D eigenvalue weighted by Crippen LogP contribution is -2.24. The van der Waals surface area contributed by atoms with Crippen molar-refractivity contribution in [2.75, 3.05) is 7.15 Å². The van der Waals surface area contributed by atoms with Gasteiger partial charge in [-0.2, -0.15) is 0 Å². The number of amidine groups is 1. The number of rotatable bonds is 11. The van der Waals surface area contributed by atoms with Gasteiger partial charge in [0.15, 0.2) is 28.8 Å². The number of aromatic carboxylic acids is 3. The molecule has 0 amide bonds. The number of halogens is 9. The third kappa shape index (κ3) is 25.6. The molecule has 6 N–H and O–H groups in total. The highest BCUT2D eigenvalue weighted by Gasteiger charge is 2.26. The minimum absolute atomic E-state index is 0. The Hall–Kier alpha value is -12.3. The van der Waals surface area contributed by atoms with Gasteiger partial charge in [-0.05, 0) is 234 Å². The van der Waals surface area contributed by atoms with Gasteiger partial charge in [-0.1, -0.05) is 103 Å². The maximum absolute atomic E-state index is 14.5. The number of hydrogen-bond acceptors (Lipinski definition) is 18. The van der Waals surface area contributed by atoms with Gasteiger partial charge in [0.05, 0.1) is 41.9 Å². The molecular weight excluding hydrogens is 1700 g/mol. The molecule has 0 saturated heterocycles. The molecule has 0 bridgehead atoms. The van der Waals surface area contributed by atoms with E-state index in [4.69, 9.17) is 64.1 Å². The molecule has 8 aromatic carbocycles. The molecule has 118 heavy (non-hydrogen) atoms. The number of nitrogens with two attached hydrogens (primary N) is 1. The molecule has 0 aliphatic rings. The van der Waals surface area contributed by atoms with Crippen molar-refractivity contribution in [1.82, 2.24) is 10.3 Å². The number of carbonyl (C=O) groups is 6. The molecule has 0 radical (unpaired) electrons. The Kier molecular flexibility index (Phi) is 32.9. The number of alkyl halides is 1. The lowest BCUT2D eigenvalue weighted by atomic mass is 10.1. The molecule has 5 aromatic heterocycles. The monoisotopic (exact) mass is 1780 g/mol. The number of aromatic nitrogens is 2. The van der Waals surface area contributed by atoms with Crippen LogP contribution < -0.4 is 5.73 Å². The first-order valence-corrected chi connectivity index (χ1v) is 36.3. The summed E-state index contributed by atoms with van der Waals surface area (Å²) in [5.74, 6) is -7.53.